The second-order valence-corrected chi connectivity index (χ2v) is 4.69. The third-order valence-electron chi connectivity index (χ3n) is 3.19. The van der Waals surface area contributed by atoms with Gasteiger partial charge in [-0.1, -0.05) is 29.8 Å². The molecular weight excluding hydrogens is 225 g/mol. The zero-order chi connectivity index (χ0) is 11.6. The SMILES string of the molecule is CNCC1(c2c(F)cccc2Cl)CC=CC1. The highest BCUT2D eigenvalue weighted by atomic mass is 35.5. The predicted molar refractivity (Wildman–Crippen MR) is 65.4 cm³/mol. The van der Waals surface area contributed by atoms with E-state index in [4.69, 9.17) is 11.6 Å². The predicted octanol–water partition coefficient (Wildman–Crippen LogP) is 3.29. The molecule has 1 aliphatic rings. The molecule has 0 aromatic heterocycles. The zero-order valence-electron chi connectivity index (χ0n) is 9.26. The number of halogens is 2. The summed E-state index contributed by atoms with van der Waals surface area (Å²) in [5.41, 5.74) is 0.438. The normalized spacial score (nSPS) is 17.9. The molecule has 0 heterocycles. The average molecular weight is 240 g/mol. The second kappa shape index (κ2) is 4.56. The van der Waals surface area contributed by atoms with Gasteiger partial charge in [0.15, 0.2) is 0 Å². The number of hydrogen-bond acceptors (Lipinski definition) is 1. The lowest BCUT2D eigenvalue weighted by Crippen LogP contribution is -2.35. The maximum Gasteiger partial charge on any atom is 0.128 e. The highest BCUT2D eigenvalue weighted by molar-refractivity contribution is 6.31. The number of nitrogens with one attached hydrogen (secondary N) is 1. The van der Waals surface area contributed by atoms with Gasteiger partial charge in [0.25, 0.3) is 0 Å². The van der Waals surface area contributed by atoms with Crippen LogP contribution >= 0.6 is 11.6 Å². The maximum atomic E-state index is 13.9. The molecule has 0 saturated heterocycles. The highest BCUT2D eigenvalue weighted by Gasteiger charge is 2.36. The molecular formula is C13H15ClFN. The Morgan fingerprint density at radius 2 is 2.06 bits per heavy atom. The quantitative estimate of drug-likeness (QED) is 0.799. The van der Waals surface area contributed by atoms with Crippen LogP contribution in [0, 0.1) is 5.82 Å². The molecule has 1 aromatic rings. The highest BCUT2D eigenvalue weighted by Crippen LogP contribution is 2.41. The van der Waals surface area contributed by atoms with Gasteiger partial charge < -0.3 is 5.32 Å². The smallest absolute Gasteiger partial charge is 0.128 e. The molecule has 16 heavy (non-hydrogen) atoms. The van der Waals surface area contributed by atoms with Crippen molar-refractivity contribution in [3.05, 3.63) is 46.8 Å². The molecule has 0 amide bonds. The van der Waals surface area contributed by atoms with E-state index in [-0.39, 0.29) is 11.2 Å². The molecule has 0 spiro atoms. The zero-order valence-corrected chi connectivity index (χ0v) is 10.0. The van der Waals surface area contributed by atoms with Crippen LogP contribution in [-0.4, -0.2) is 13.6 Å². The first kappa shape index (κ1) is 11.6. The van der Waals surface area contributed by atoms with Crippen molar-refractivity contribution in [3.8, 4) is 0 Å². The van der Waals surface area contributed by atoms with Gasteiger partial charge in [0.05, 0.1) is 0 Å². The van der Waals surface area contributed by atoms with Crippen molar-refractivity contribution in [1.82, 2.24) is 5.32 Å². The van der Waals surface area contributed by atoms with Gasteiger partial charge in [-0.05, 0) is 32.0 Å². The molecule has 1 N–H and O–H groups in total. The standard InChI is InChI=1S/C13H15ClFN/c1-16-9-13(7-2-3-8-13)12-10(14)5-4-6-11(12)15/h2-6,16H,7-9H2,1H3. The van der Waals surface area contributed by atoms with Gasteiger partial charge in [-0.3, -0.25) is 0 Å². The molecule has 0 fully saturated rings. The molecule has 1 nitrogen and oxygen atoms in total. The number of allylic oxidation sites excluding steroid dienone is 2. The summed E-state index contributed by atoms with van der Waals surface area (Å²) in [6.07, 6.45) is 5.88. The summed E-state index contributed by atoms with van der Waals surface area (Å²) in [5, 5.41) is 3.66. The van der Waals surface area contributed by atoms with Crippen molar-refractivity contribution in [2.24, 2.45) is 0 Å². The Morgan fingerprint density at radius 1 is 1.38 bits per heavy atom. The monoisotopic (exact) mass is 239 g/mol. The molecule has 0 atom stereocenters. The molecule has 0 radical (unpaired) electrons. The van der Waals surface area contributed by atoms with Crippen molar-refractivity contribution in [1.29, 1.82) is 0 Å². The maximum absolute atomic E-state index is 13.9. The van der Waals surface area contributed by atoms with Gasteiger partial charge in [-0.2, -0.15) is 0 Å². The van der Waals surface area contributed by atoms with Crippen LogP contribution in [0.15, 0.2) is 30.4 Å². The molecule has 3 heteroatoms. The fourth-order valence-electron chi connectivity index (χ4n) is 2.48. The van der Waals surface area contributed by atoms with Gasteiger partial charge in [0, 0.05) is 22.5 Å². The molecule has 0 unspecified atom stereocenters. The Hall–Kier alpha value is -0.860. The van der Waals surface area contributed by atoms with Crippen LogP contribution in [0.4, 0.5) is 4.39 Å². The van der Waals surface area contributed by atoms with E-state index in [0.29, 0.717) is 10.6 Å². The first-order valence-electron chi connectivity index (χ1n) is 5.44. The van der Waals surface area contributed by atoms with Gasteiger partial charge in [-0.15, -0.1) is 0 Å². The summed E-state index contributed by atoms with van der Waals surface area (Å²) in [5.74, 6) is -0.202. The molecule has 0 aliphatic heterocycles. The summed E-state index contributed by atoms with van der Waals surface area (Å²) in [6, 6.07) is 4.89. The Kier molecular flexibility index (Phi) is 3.31. The van der Waals surface area contributed by atoms with E-state index >= 15 is 0 Å². The summed E-state index contributed by atoms with van der Waals surface area (Å²) in [7, 11) is 1.88. The van der Waals surface area contributed by atoms with Crippen molar-refractivity contribution < 1.29 is 4.39 Å². The van der Waals surface area contributed by atoms with Crippen molar-refractivity contribution in [3.63, 3.8) is 0 Å². The topological polar surface area (TPSA) is 12.0 Å². The second-order valence-electron chi connectivity index (χ2n) is 4.29. The van der Waals surface area contributed by atoms with Crippen LogP contribution in [0.25, 0.3) is 0 Å². The number of likely N-dealkylation sites (N-methyl/N-ethyl adjacent to an activating group) is 1. The van der Waals surface area contributed by atoms with Gasteiger partial charge >= 0.3 is 0 Å². The molecule has 0 saturated carbocycles. The fourth-order valence-corrected chi connectivity index (χ4v) is 2.84. The van der Waals surface area contributed by atoms with E-state index in [0.717, 1.165) is 19.4 Å². The van der Waals surface area contributed by atoms with Gasteiger partial charge in [-0.25, -0.2) is 4.39 Å². The molecule has 1 aliphatic carbocycles. The van der Waals surface area contributed by atoms with Crippen LogP contribution in [-0.2, 0) is 5.41 Å². The van der Waals surface area contributed by atoms with Crippen molar-refractivity contribution in [2.75, 3.05) is 13.6 Å². The fraction of sp³-hybridized carbons (Fsp3) is 0.385. The number of benzene rings is 1. The number of hydrogen-bond donors (Lipinski definition) is 1. The Balaban J connectivity index is 2.47. The van der Waals surface area contributed by atoms with E-state index in [1.165, 1.54) is 6.07 Å². The van der Waals surface area contributed by atoms with Crippen LogP contribution < -0.4 is 5.32 Å². The third kappa shape index (κ3) is 1.87. The summed E-state index contributed by atoms with van der Waals surface area (Å²) in [4.78, 5) is 0. The lowest BCUT2D eigenvalue weighted by molar-refractivity contribution is 0.414. The minimum Gasteiger partial charge on any atom is -0.319 e. The third-order valence-corrected chi connectivity index (χ3v) is 3.51. The summed E-state index contributed by atoms with van der Waals surface area (Å²) in [6.45, 7) is 0.737. The van der Waals surface area contributed by atoms with Crippen LogP contribution in [0.5, 0.6) is 0 Å². The van der Waals surface area contributed by atoms with Crippen molar-refractivity contribution in [2.45, 2.75) is 18.3 Å². The van der Waals surface area contributed by atoms with Crippen molar-refractivity contribution >= 4 is 11.6 Å². The van der Waals surface area contributed by atoms with Crippen LogP contribution in [0.1, 0.15) is 18.4 Å². The lowest BCUT2D eigenvalue weighted by atomic mass is 9.78. The Bertz CT molecular complexity index is 386. The van der Waals surface area contributed by atoms with Gasteiger partial charge in [0.1, 0.15) is 5.82 Å². The molecule has 1 aromatic carbocycles. The average Bonchev–Trinajstić information content (AvgIpc) is 2.67. The first-order valence-corrected chi connectivity index (χ1v) is 5.81. The lowest BCUT2D eigenvalue weighted by Gasteiger charge is -2.30. The van der Waals surface area contributed by atoms with E-state index in [9.17, 15) is 4.39 Å². The molecule has 86 valence electrons. The van der Waals surface area contributed by atoms with E-state index in [2.05, 4.69) is 17.5 Å². The van der Waals surface area contributed by atoms with Crippen LogP contribution in [0.3, 0.4) is 0 Å². The Morgan fingerprint density at radius 3 is 2.62 bits per heavy atom. The first-order chi connectivity index (χ1) is 7.69. The largest absolute Gasteiger partial charge is 0.319 e. The van der Waals surface area contributed by atoms with Gasteiger partial charge in [0.2, 0.25) is 0 Å². The minimum atomic E-state index is -0.211. The van der Waals surface area contributed by atoms with E-state index < -0.39 is 0 Å². The summed E-state index contributed by atoms with van der Waals surface area (Å²) >= 11 is 6.14. The molecule has 0 bridgehead atoms. The van der Waals surface area contributed by atoms with Crippen LogP contribution in [0.2, 0.25) is 5.02 Å². The number of rotatable bonds is 3. The molecule has 2 rings (SSSR count). The Labute approximate surface area is 100 Å². The minimum absolute atomic E-state index is 0.202. The summed E-state index contributed by atoms with van der Waals surface area (Å²) < 4.78 is 13.9. The van der Waals surface area contributed by atoms with E-state index in [1.807, 2.05) is 7.05 Å². The van der Waals surface area contributed by atoms with E-state index in [1.54, 1.807) is 12.1 Å².